The average Bonchev–Trinajstić information content (AvgIpc) is 2.45. The van der Waals surface area contributed by atoms with Crippen molar-refractivity contribution in [3.8, 4) is 0 Å². The van der Waals surface area contributed by atoms with Crippen LogP contribution in [0.2, 0.25) is 0 Å². The van der Waals surface area contributed by atoms with Gasteiger partial charge in [-0.05, 0) is 12.1 Å². The summed E-state index contributed by atoms with van der Waals surface area (Å²) in [5.41, 5.74) is 3.48. The maximum absolute atomic E-state index is 11.2. The number of thiocarbonyl (C=S) groups is 1. The first-order chi connectivity index (χ1) is 9.63. The highest BCUT2D eigenvalue weighted by Gasteiger charge is 2.38. The number of rotatable bonds is 2. The zero-order valence-corrected chi connectivity index (χ0v) is 11.4. The average molecular weight is 324 g/mol. The molecule has 0 atom stereocenters. The molecule has 21 heavy (non-hydrogen) atoms. The van der Waals surface area contributed by atoms with Gasteiger partial charge in [0.25, 0.3) is 0 Å². The van der Waals surface area contributed by atoms with E-state index >= 15 is 0 Å². The molecule has 0 saturated carbocycles. The third kappa shape index (κ3) is 6.68. The smallest absolute Gasteiger partial charge is 0.475 e. The maximum Gasteiger partial charge on any atom is 0.490 e. The van der Waals surface area contributed by atoms with Crippen LogP contribution in [0.3, 0.4) is 0 Å². The molecule has 0 aliphatic carbocycles. The van der Waals surface area contributed by atoms with Gasteiger partial charge >= 0.3 is 18.1 Å². The Labute approximate surface area is 122 Å². The molecule has 116 valence electrons. The molecule has 4 N–H and O–H groups in total. The van der Waals surface area contributed by atoms with Gasteiger partial charge in [0.05, 0.1) is 12.7 Å². The van der Waals surface area contributed by atoms with Gasteiger partial charge in [-0.3, -0.25) is 0 Å². The van der Waals surface area contributed by atoms with E-state index in [4.69, 9.17) is 28.0 Å². The van der Waals surface area contributed by atoms with E-state index in [-0.39, 0.29) is 0 Å². The summed E-state index contributed by atoms with van der Waals surface area (Å²) in [5, 5.41) is 7.12. The van der Waals surface area contributed by atoms with Gasteiger partial charge in [0.15, 0.2) is 0 Å². The van der Waals surface area contributed by atoms with Crippen LogP contribution in [-0.2, 0) is 9.53 Å². The highest BCUT2D eigenvalue weighted by Crippen LogP contribution is 2.13. The summed E-state index contributed by atoms with van der Waals surface area (Å²) in [7, 11) is 1.33. The molecular weight excluding hydrogens is 313 g/mol. The molecule has 6 nitrogen and oxygen atoms in total. The second-order valence-corrected chi connectivity index (χ2v) is 3.76. The molecule has 1 aromatic carbocycles. The minimum absolute atomic E-state index is 0.385. The predicted molar refractivity (Wildman–Crippen MR) is 70.5 cm³/mol. The minimum Gasteiger partial charge on any atom is -0.475 e. The Morgan fingerprint density at radius 3 is 2.19 bits per heavy atom. The van der Waals surface area contributed by atoms with E-state index in [1.165, 1.54) is 7.11 Å². The summed E-state index contributed by atoms with van der Waals surface area (Å²) in [4.78, 5) is 20.4. The highest BCUT2D eigenvalue weighted by molar-refractivity contribution is 7.80. The Balaban J connectivity index is 0.000000486. The number of aliphatic carboxylic acids is 1. The van der Waals surface area contributed by atoms with Crippen molar-refractivity contribution in [3.05, 3.63) is 35.4 Å². The molecule has 0 heterocycles. The van der Waals surface area contributed by atoms with Crippen LogP contribution in [-0.4, -0.2) is 35.3 Å². The fourth-order valence-electron chi connectivity index (χ4n) is 0.989. The van der Waals surface area contributed by atoms with Crippen LogP contribution in [0.5, 0.6) is 0 Å². The Hall–Kier alpha value is -2.20. The zero-order valence-electron chi connectivity index (χ0n) is 10.6. The number of esters is 1. The van der Waals surface area contributed by atoms with Crippen molar-refractivity contribution < 1.29 is 32.6 Å². The number of hydrazine groups is 1. The van der Waals surface area contributed by atoms with Gasteiger partial charge < -0.3 is 15.3 Å². The number of methoxy groups -OCH3 is 1. The molecule has 0 amide bonds. The van der Waals surface area contributed by atoms with E-state index in [0.29, 0.717) is 16.1 Å². The van der Waals surface area contributed by atoms with Crippen LogP contribution in [0, 0.1) is 0 Å². The van der Waals surface area contributed by atoms with E-state index in [9.17, 15) is 18.0 Å². The fourth-order valence-corrected chi connectivity index (χ4v) is 1.12. The molecule has 1 rings (SSSR count). The van der Waals surface area contributed by atoms with Gasteiger partial charge in [-0.15, -0.1) is 0 Å². The van der Waals surface area contributed by atoms with E-state index in [2.05, 4.69) is 10.2 Å². The largest absolute Gasteiger partial charge is 0.490 e. The zero-order chi connectivity index (χ0) is 16.6. The van der Waals surface area contributed by atoms with Gasteiger partial charge in [-0.2, -0.15) is 13.2 Å². The van der Waals surface area contributed by atoms with Gasteiger partial charge in [0.2, 0.25) is 0 Å². The Bertz CT molecular complexity index is 503. The number of benzene rings is 1. The van der Waals surface area contributed by atoms with Crippen LogP contribution in [0.4, 0.5) is 13.2 Å². The molecule has 0 radical (unpaired) electrons. The first-order valence-electron chi connectivity index (χ1n) is 5.13. The summed E-state index contributed by atoms with van der Waals surface area (Å²) in [6, 6.07) is 6.74. The molecule has 0 spiro atoms. The first-order valence-corrected chi connectivity index (χ1v) is 5.53. The number of hydrogen-bond acceptors (Lipinski definition) is 5. The Morgan fingerprint density at radius 1 is 1.33 bits per heavy atom. The number of carboxylic acids is 1. The lowest BCUT2D eigenvalue weighted by atomic mass is 10.1. The second kappa shape index (κ2) is 8.17. The van der Waals surface area contributed by atoms with Crippen molar-refractivity contribution in [3.63, 3.8) is 0 Å². The molecule has 0 unspecified atom stereocenters. The second-order valence-electron chi connectivity index (χ2n) is 3.35. The molecule has 0 fully saturated rings. The Morgan fingerprint density at radius 2 is 1.81 bits per heavy atom. The van der Waals surface area contributed by atoms with Crippen molar-refractivity contribution in [2.45, 2.75) is 6.18 Å². The van der Waals surface area contributed by atoms with Crippen LogP contribution in [0.15, 0.2) is 24.3 Å². The third-order valence-electron chi connectivity index (χ3n) is 1.92. The van der Waals surface area contributed by atoms with Crippen molar-refractivity contribution in [2.24, 2.45) is 5.84 Å². The number of hydrogen-bond donors (Lipinski definition) is 3. The topological polar surface area (TPSA) is 102 Å². The van der Waals surface area contributed by atoms with Crippen molar-refractivity contribution >= 4 is 29.1 Å². The lowest BCUT2D eigenvalue weighted by Crippen LogP contribution is -2.29. The molecular formula is C11H11F3N2O4S. The summed E-state index contributed by atoms with van der Waals surface area (Å²) < 4.78 is 36.3. The number of carboxylic acid groups (broad SMARTS) is 1. The molecule has 0 aliphatic rings. The van der Waals surface area contributed by atoms with Gasteiger partial charge in [0.1, 0.15) is 4.99 Å². The van der Waals surface area contributed by atoms with E-state index < -0.39 is 18.1 Å². The molecule has 0 bridgehead atoms. The fraction of sp³-hybridized carbons (Fsp3) is 0.182. The summed E-state index contributed by atoms with van der Waals surface area (Å²) in [6.45, 7) is 0. The number of carbonyl (C=O) groups is 2. The summed E-state index contributed by atoms with van der Waals surface area (Å²) in [6.07, 6.45) is -5.08. The van der Waals surface area contributed by atoms with Crippen LogP contribution < -0.4 is 11.3 Å². The molecule has 0 saturated heterocycles. The standard InChI is InChI=1S/C9H10N2O2S.C2HF3O2/c1-13-9(12)7-4-2-3-6(5-7)8(14)11-10;3-2(4,5)1(6)7/h2-5H,10H2,1H3,(H,11,14);(H,6,7). The number of nitrogens with two attached hydrogens (primary N) is 1. The summed E-state index contributed by atoms with van der Waals surface area (Å²) in [5.74, 6) is 2.00. The quantitative estimate of drug-likeness (QED) is 0.326. The van der Waals surface area contributed by atoms with Gasteiger partial charge in [0, 0.05) is 5.56 Å². The van der Waals surface area contributed by atoms with Crippen LogP contribution in [0.1, 0.15) is 15.9 Å². The predicted octanol–water partition coefficient (Wildman–Crippen LogP) is 1.25. The lowest BCUT2D eigenvalue weighted by Gasteiger charge is -2.04. The number of alkyl halides is 3. The van der Waals surface area contributed by atoms with Crippen molar-refractivity contribution in [1.29, 1.82) is 0 Å². The highest BCUT2D eigenvalue weighted by atomic mass is 32.1. The molecule has 0 aliphatic heterocycles. The first kappa shape index (κ1) is 18.8. The SMILES string of the molecule is COC(=O)c1cccc(C(=S)NN)c1.O=C(O)C(F)(F)F. The normalized spacial score (nSPS) is 9.95. The molecule has 10 heteroatoms. The van der Waals surface area contributed by atoms with E-state index in [1.807, 2.05) is 0 Å². The number of ether oxygens (including phenoxy) is 1. The van der Waals surface area contributed by atoms with Crippen molar-refractivity contribution in [1.82, 2.24) is 5.43 Å². The number of nitrogens with one attached hydrogen (secondary N) is 1. The van der Waals surface area contributed by atoms with E-state index in [0.717, 1.165) is 0 Å². The van der Waals surface area contributed by atoms with E-state index in [1.54, 1.807) is 24.3 Å². The Kier molecular flexibility index (Phi) is 7.31. The van der Waals surface area contributed by atoms with Gasteiger partial charge in [-0.1, -0.05) is 24.4 Å². The lowest BCUT2D eigenvalue weighted by molar-refractivity contribution is -0.192. The molecule has 1 aromatic rings. The third-order valence-corrected chi connectivity index (χ3v) is 2.27. The number of carbonyl (C=O) groups excluding carboxylic acids is 1. The van der Waals surface area contributed by atoms with Crippen LogP contribution >= 0.6 is 12.2 Å². The number of halogens is 3. The van der Waals surface area contributed by atoms with Crippen molar-refractivity contribution in [2.75, 3.05) is 7.11 Å². The summed E-state index contributed by atoms with van der Waals surface area (Å²) >= 11 is 4.92. The molecule has 0 aromatic heterocycles. The minimum atomic E-state index is -5.08. The maximum atomic E-state index is 11.2. The monoisotopic (exact) mass is 324 g/mol. The van der Waals surface area contributed by atoms with Crippen LogP contribution in [0.25, 0.3) is 0 Å². The van der Waals surface area contributed by atoms with Gasteiger partial charge in [-0.25, -0.2) is 15.4 Å².